The van der Waals surface area contributed by atoms with Gasteiger partial charge in [-0.2, -0.15) is 0 Å². The number of hydrogen-bond acceptors (Lipinski definition) is 2. The SMILES string of the molecule is CNC(C)(C)C(=O)NCC1(C)CCC1. The third kappa shape index (κ3) is 2.47. The van der Waals surface area contributed by atoms with Gasteiger partial charge < -0.3 is 10.6 Å². The summed E-state index contributed by atoms with van der Waals surface area (Å²) >= 11 is 0. The van der Waals surface area contributed by atoms with E-state index >= 15 is 0 Å². The average Bonchev–Trinajstić information content (AvgIpc) is 2.11. The van der Waals surface area contributed by atoms with Crippen LogP contribution in [0.1, 0.15) is 40.0 Å². The minimum atomic E-state index is -0.458. The molecule has 0 spiro atoms. The highest BCUT2D eigenvalue weighted by Crippen LogP contribution is 2.39. The zero-order valence-electron chi connectivity index (χ0n) is 9.74. The third-order valence-corrected chi connectivity index (χ3v) is 3.43. The van der Waals surface area contributed by atoms with E-state index in [0.717, 1.165) is 6.54 Å². The van der Waals surface area contributed by atoms with Crippen molar-refractivity contribution in [2.24, 2.45) is 5.41 Å². The van der Waals surface area contributed by atoms with Crippen molar-refractivity contribution < 1.29 is 4.79 Å². The highest BCUT2D eigenvalue weighted by Gasteiger charge is 2.33. The van der Waals surface area contributed by atoms with Crippen LogP contribution >= 0.6 is 0 Å². The Bertz CT molecular complexity index is 219. The number of nitrogens with one attached hydrogen (secondary N) is 2. The summed E-state index contributed by atoms with van der Waals surface area (Å²) in [4.78, 5) is 11.7. The lowest BCUT2D eigenvalue weighted by atomic mass is 9.70. The molecule has 14 heavy (non-hydrogen) atoms. The quantitative estimate of drug-likeness (QED) is 0.714. The first-order valence-corrected chi connectivity index (χ1v) is 5.37. The van der Waals surface area contributed by atoms with Crippen molar-refractivity contribution in [3.8, 4) is 0 Å². The van der Waals surface area contributed by atoms with Crippen LogP contribution in [0.15, 0.2) is 0 Å². The second-order valence-corrected chi connectivity index (χ2v) is 5.22. The van der Waals surface area contributed by atoms with Crippen LogP contribution < -0.4 is 10.6 Å². The molecular weight excluding hydrogens is 176 g/mol. The van der Waals surface area contributed by atoms with Gasteiger partial charge in [-0.3, -0.25) is 4.79 Å². The van der Waals surface area contributed by atoms with Crippen molar-refractivity contribution in [2.45, 2.75) is 45.6 Å². The van der Waals surface area contributed by atoms with E-state index in [0.29, 0.717) is 5.41 Å². The molecular formula is C11H22N2O. The minimum Gasteiger partial charge on any atom is -0.354 e. The van der Waals surface area contributed by atoms with E-state index in [2.05, 4.69) is 17.6 Å². The highest BCUT2D eigenvalue weighted by atomic mass is 16.2. The molecule has 0 aromatic rings. The van der Waals surface area contributed by atoms with Crippen LogP contribution in [0.4, 0.5) is 0 Å². The molecule has 1 aliphatic carbocycles. The lowest BCUT2D eigenvalue weighted by molar-refractivity contribution is -0.127. The summed E-state index contributed by atoms with van der Waals surface area (Å²) in [5.41, 5.74) is -0.0976. The standard InChI is InChI=1S/C11H22N2O/c1-10(2,12-4)9(14)13-8-11(3)6-5-7-11/h12H,5-8H2,1-4H3,(H,13,14). The summed E-state index contributed by atoms with van der Waals surface area (Å²) in [6, 6.07) is 0. The summed E-state index contributed by atoms with van der Waals surface area (Å²) in [5, 5.41) is 6.02. The van der Waals surface area contributed by atoms with Crippen LogP contribution in [-0.4, -0.2) is 25.0 Å². The van der Waals surface area contributed by atoms with Gasteiger partial charge in [-0.05, 0) is 39.2 Å². The molecule has 1 rings (SSSR count). The van der Waals surface area contributed by atoms with Gasteiger partial charge >= 0.3 is 0 Å². The van der Waals surface area contributed by atoms with E-state index in [1.165, 1.54) is 19.3 Å². The zero-order valence-corrected chi connectivity index (χ0v) is 9.74. The highest BCUT2D eigenvalue weighted by molar-refractivity contribution is 5.85. The molecule has 82 valence electrons. The van der Waals surface area contributed by atoms with E-state index in [1.54, 1.807) is 0 Å². The third-order valence-electron chi connectivity index (χ3n) is 3.43. The molecule has 3 heteroatoms. The topological polar surface area (TPSA) is 41.1 Å². The fourth-order valence-corrected chi connectivity index (χ4v) is 1.59. The van der Waals surface area contributed by atoms with Crippen molar-refractivity contribution in [3.05, 3.63) is 0 Å². The Labute approximate surface area is 86.6 Å². The lowest BCUT2D eigenvalue weighted by Gasteiger charge is -2.39. The molecule has 3 nitrogen and oxygen atoms in total. The largest absolute Gasteiger partial charge is 0.354 e. The Hall–Kier alpha value is -0.570. The first-order chi connectivity index (χ1) is 6.40. The molecule has 0 aliphatic heterocycles. The molecule has 0 aromatic carbocycles. The fraction of sp³-hybridized carbons (Fsp3) is 0.909. The summed E-state index contributed by atoms with van der Waals surface area (Å²) in [6.45, 7) is 6.84. The van der Waals surface area contributed by atoms with Gasteiger partial charge in [0.15, 0.2) is 0 Å². The van der Waals surface area contributed by atoms with E-state index in [4.69, 9.17) is 0 Å². The van der Waals surface area contributed by atoms with Crippen LogP contribution in [0.25, 0.3) is 0 Å². The van der Waals surface area contributed by atoms with Crippen LogP contribution in [0.3, 0.4) is 0 Å². The zero-order chi connectivity index (χ0) is 10.8. The van der Waals surface area contributed by atoms with Crippen molar-refractivity contribution in [3.63, 3.8) is 0 Å². The van der Waals surface area contributed by atoms with Gasteiger partial charge in [-0.25, -0.2) is 0 Å². The number of hydrogen-bond donors (Lipinski definition) is 2. The second kappa shape index (κ2) is 3.89. The number of rotatable bonds is 4. The molecule has 0 aromatic heterocycles. The van der Waals surface area contributed by atoms with Crippen molar-refractivity contribution in [1.29, 1.82) is 0 Å². The molecule has 1 saturated carbocycles. The van der Waals surface area contributed by atoms with Crippen molar-refractivity contribution in [2.75, 3.05) is 13.6 Å². The molecule has 1 fully saturated rings. The monoisotopic (exact) mass is 198 g/mol. The minimum absolute atomic E-state index is 0.0909. The number of carbonyl (C=O) groups excluding carboxylic acids is 1. The Morgan fingerprint density at radius 3 is 2.36 bits per heavy atom. The molecule has 0 heterocycles. The maximum atomic E-state index is 11.7. The van der Waals surface area contributed by atoms with Gasteiger partial charge in [0.25, 0.3) is 0 Å². The maximum Gasteiger partial charge on any atom is 0.239 e. The molecule has 0 bridgehead atoms. The second-order valence-electron chi connectivity index (χ2n) is 5.22. The van der Waals surface area contributed by atoms with E-state index in [1.807, 2.05) is 20.9 Å². The molecule has 0 saturated heterocycles. The van der Waals surface area contributed by atoms with Crippen LogP contribution in [0, 0.1) is 5.41 Å². The fourth-order valence-electron chi connectivity index (χ4n) is 1.59. The lowest BCUT2D eigenvalue weighted by Crippen LogP contribution is -2.53. The Balaban J connectivity index is 2.34. The molecule has 0 unspecified atom stereocenters. The van der Waals surface area contributed by atoms with E-state index in [9.17, 15) is 4.79 Å². The summed E-state index contributed by atoms with van der Waals surface area (Å²) in [7, 11) is 1.81. The Morgan fingerprint density at radius 2 is 2.00 bits per heavy atom. The predicted molar refractivity (Wildman–Crippen MR) is 58.1 cm³/mol. The smallest absolute Gasteiger partial charge is 0.239 e. The normalized spacial score (nSPS) is 20.0. The first kappa shape index (κ1) is 11.5. The number of likely N-dealkylation sites (N-methyl/N-ethyl adjacent to an activating group) is 1. The van der Waals surface area contributed by atoms with Gasteiger partial charge in [0.05, 0.1) is 5.54 Å². The summed E-state index contributed by atoms with van der Waals surface area (Å²) < 4.78 is 0. The van der Waals surface area contributed by atoms with Gasteiger partial charge in [0.2, 0.25) is 5.91 Å². The van der Waals surface area contributed by atoms with Crippen LogP contribution in [-0.2, 0) is 4.79 Å². The van der Waals surface area contributed by atoms with Gasteiger partial charge in [-0.15, -0.1) is 0 Å². The molecule has 1 amide bonds. The molecule has 0 atom stereocenters. The van der Waals surface area contributed by atoms with Gasteiger partial charge in [0, 0.05) is 6.54 Å². The summed E-state index contributed by atoms with van der Waals surface area (Å²) in [5.74, 6) is 0.0909. The van der Waals surface area contributed by atoms with Gasteiger partial charge in [-0.1, -0.05) is 13.3 Å². The Kier molecular flexibility index (Phi) is 3.20. The van der Waals surface area contributed by atoms with Gasteiger partial charge in [0.1, 0.15) is 0 Å². The average molecular weight is 198 g/mol. The maximum absolute atomic E-state index is 11.7. The van der Waals surface area contributed by atoms with Crippen molar-refractivity contribution >= 4 is 5.91 Å². The van der Waals surface area contributed by atoms with Crippen LogP contribution in [0.5, 0.6) is 0 Å². The number of amides is 1. The molecule has 0 radical (unpaired) electrons. The Morgan fingerprint density at radius 1 is 1.43 bits per heavy atom. The molecule has 2 N–H and O–H groups in total. The van der Waals surface area contributed by atoms with E-state index in [-0.39, 0.29) is 5.91 Å². The van der Waals surface area contributed by atoms with Crippen LogP contribution in [0.2, 0.25) is 0 Å². The van der Waals surface area contributed by atoms with E-state index < -0.39 is 5.54 Å². The predicted octanol–water partition coefficient (Wildman–Crippen LogP) is 1.29. The van der Waals surface area contributed by atoms with Crippen molar-refractivity contribution in [1.82, 2.24) is 10.6 Å². The summed E-state index contributed by atoms with van der Waals surface area (Å²) in [6.07, 6.45) is 3.79. The molecule has 1 aliphatic rings. The number of carbonyl (C=O) groups is 1. The first-order valence-electron chi connectivity index (χ1n) is 5.37.